The average Bonchev–Trinajstić information content (AvgIpc) is 2.78. The van der Waals surface area contributed by atoms with Crippen LogP contribution in [0, 0.1) is 6.92 Å². The van der Waals surface area contributed by atoms with Crippen LogP contribution in [0.4, 0.5) is 0 Å². The number of oxazole rings is 1. The molecular weight excluding hydrogens is 261 g/mol. The number of nitrogens with zero attached hydrogens (tertiary/aromatic N) is 1. The van der Waals surface area contributed by atoms with Crippen LogP contribution in [0.25, 0.3) is 0 Å². The molecule has 1 fully saturated rings. The van der Waals surface area contributed by atoms with Gasteiger partial charge in [0.2, 0.25) is 5.76 Å². The maximum Gasteiger partial charge on any atom is 0.518 e. The highest BCUT2D eigenvalue weighted by Gasteiger charge is 2.54. The fourth-order valence-electron chi connectivity index (χ4n) is 1.90. The van der Waals surface area contributed by atoms with Crippen molar-refractivity contribution < 1.29 is 23.3 Å². The number of hydrogen-bond acceptors (Lipinski definition) is 6. The standard InChI is InChI=1S/C13H20BNO5/c1-7-17-11(16)9-10(15-8(2)18-9)14-19-12(3,4)13(5,6)20-14/h7H2,1-6H3. The van der Waals surface area contributed by atoms with Gasteiger partial charge in [0.15, 0.2) is 5.89 Å². The maximum atomic E-state index is 11.9. The predicted octanol–water partition coefficient (Wildman–Crippen LogP) is 1.46. The maximum absolute atomic E-state index is 11.9. The second kappa shape index (κ2) is 4.89. The molecule has 0 saturated carbocycles. The monoisotopic (exact) mass is 281 g/mol. The molecule has 7 heteroatoms. The van der Waals surface area contributed by atoms with E-state index in [0.717, 1.165) is 0 Å². The molecule has 0 aliphatic carbocycles. The summed E-state index contributed by atoms with van der Waals surface area (Å²) in [7, 11) is -0.739. The first-order chi connectivity index (χ1) is 9.18. The zero-order chi connectivity index (χ0) is 15.1. The second-order valence-electron chi connectivity index (χ2n) is 5.76. The van der Waals surface area contributed by atoms with Gasteiger partial charge in [-0.1, -0.05) is 0 Å². The summed E-state index contributed by atoms with van der Waals surface area (Å²) < 4.78 is 22.1. The molecule has 0 bridgehead atoms. The summed E-state index contributed by atoms with van der Waals surface area (Å²) in [5.41, 5.74) is -0.674. The van der Waals surface area contributed by atoms with Crippen LogP contribution in [0.3, 0.4) is 0 Å². The van der Waals surface area contributed by atoms with Crippen molar-refractivity contribution in [2.45, 2.75) is 52.7 Å². The van der Waals surface area contributed by atoms with Gasteiger partial charge in [-0.3, -0.25) is 0 Å². The van der Waals surface area contributed by atoms with Gasteiger partial charge in [-0.05, 0) is 34.6 Å². The molecule has 1 aliphatic heterocycles. The van der Waals surface area contributed by atoms with E-state index in [1.54, 1.807) is 13.8 Å². The summed E-state index contributed by atoms with van der Waals surface area (Å²) in [5, 5.41) is 0. The van der Waals surface area contributed by atoms with Crippen LogP contribution < -0.4 is 5.59 Å². The molecular formula is C13H20BNO5. The lowest BCUT2D eigenvalue weighted by Gasteiger charge is -2.32. The molecule has 0 atom stereocenters. The quantitative estimate of drug-likeness (QED) is 0.617. The van der Waals surface area contributed by atoms with Crippen LogP contribution in [-0.2, 0) is 14.0 Å². The first-order valence-corrected chi connectivity index (χ1v) is 6.68. The number of aromatic nitrogens is 1. The van der Waals surface area contributed by atoms with Crippen molar-refractivity contribution in [1.29, 1.82) is 0 Å². The number of esters is 1. The molecule has 20 heavy (non-hydrogen) atoms. The average molecular weight is 281 g/mol. The highest BCUT2D eigenvalue weighted by atomic mass is 16.7. The van der Waals surface area contributed by atoms with E-state index in [4.69, 9.17) is 18.5 Å². The van der Waals surface area contributed by atoms with E-state index < -0.39 is 24.3 Å². The van der Waals surface area contributed by atoms with Gasteiger partial charge < -0.3 is 18.5 Å². The van der Waals surface area contributed by atoms with Crippen LogP contribution in [0.5, 0.6) is 0 Å². The Hall–Kier alpha value is -1.34. The van der Waals surface area contributed by atoms with Gasteiger partial charge in [-0.2, -0.15) is 0 Å². The van der Waals surface area contributed by atoms with Gasteiger partial charge in [0.1, 0.15) is 5.59 Å². The summed E-state index contributed by atoms with van der Waals surface area (Å²) in [4.78, 5) is 16.1. The van der Waals surface area contributed by atoms with E-state index >= 15 is 0 Å². The van der Waals surface area contributed by atoms with Crippen LogP contribution in [-0.4, -0.2) is 35.9 Å². The number of ether oxygens (including phenoxy) is 1. The lowest BCUT2D eigenvalue weighted by atomic mass is 9.83. The first-order valence-electron chi connectivity index (χ1n) is 6.68. The highest BCUT2D eigenvalue weighted by Crippen LogP contribution is 2.36. The Morgan fingerprint density at radius 1 is 1.25 bits per heavy atom. The van der Waals surface area contributed by atoms with Gasteiger partial charge >= 0.3 is 13.1 Å². The normalized spacial score (nSPS) is 20.2. The second-order valence-corrected chi connectivity index (χ2v) is 5.76. The molecule has 1 saturated heterocycles. The SMILES string of the molecule is CCOC(=O)c1oc(C)nc1B1OC(C)(C)C(C)(C)O1. The van der Waals surface area contributed by atoms with Crippen molar-refractivity contribution in [1.82, 2.24) is 4.98 Å². The molecule has 0 N–H and O–H groups in total. The van der Waals surface area contributed by atoms with Crippen molar-refractivity contribution in [3.63, 3.8) is 0 Å². The smallest absolute Gasteiger partial charge is 0.460 e. The summed E-state index contributed by atoms with van der Waals surface area (Å²) in [6, 6.07) is 0. The third-order valence-corrected chi connectivity index (χ3v) is 3.70. The molecule has 110 valence electrons. The number of rotatable bonds is 3. The van der Waals surface area contributed by atoms with Gasteiger partial charge in [0.25, 0.3) is 0 Å². The van der Waals surface area contributed by atoms with Crippen LogP contribution >= 0.6 is 0 Å². The molecule has 1 aliphatic rings. The van der Waals surface area contributed by atoms with Crippen LogP contribution in [0.2, 0.25) is 0 Å². The van der Waals surface area contributed by atoms with Crippen molar-refractivity contribution in [3.05, 3.63) is 11.7 Å². The van der Waals surface area contributed by atoms with Crippen molar-refractivity contribution in [2.24, 2.45) is 0 Å². The molecule has 0 amide bonds. The van der Waals surface area contributed by atoms with Gasteiger partial charge in [-0.15, -0.1) is 0 Å². The topological polar surface area (TPSA) is 70.8 Å². The van der Waals surface area contributed by atoms with E-state index in [9.17, 15) is 4.79 Å². The Morgan fingerprint density at radius 2 is 1.80 bits per heavy atom. The van der Waals surface area contributed by atoms with E-state index in [0.29, 0.717) is 11.5 Å². The lowest BCUT2D eigenvalue weighted by molar-refractivity contribution is 0.00578. The van der Waals surface area contributed by atoms with E-state index in [1.165, 1.54) is 0 Å². The van der Waals surface area contributed by atoms with Crippen molar-refractivity contribution >= 4 is 18.7 Å². The number of aryl methyl sites for hydroxylation is 1. The van der Waals surface area contributed by atoms with E-state index in [1.807, 2.05) is 27.7 Å². The third-order valence-electron chi connectivity index (χ3n) is 3.70. The Bertz CT molecular complexity index is 507. The Morgan fingerprint density at radius 3 is 2.30 bits per heavy atom. The number of carbonyl (C=O) groups is 1. The van der Waals surface area contributed by atoms with E-state index in [2.05, 4.69) is 4.98 Å². The Labute approximate surface area is 118 Å². The Kier molecular flexibility index (Phi) is 3.68. The molecule has 1 aromatic rings. The van der Waals surface area contributed by atoms with Gasteiger partial charge in [-0.25, -0.2) is 9.78 Å². The minimum absolute atomic E-state index is 0.0443. The fourth-order valence-corrected chi connectivity index (χ4v) is 1.90. The summed E-state index contributed by atoms with van der Waals surface area (Å²) in [6.45, 7) is 11.4. The lowest BCUT2D eigenvalue weighted by Crippen LogP contribution is -2.41. The molecule has 1 aromatic heterocycles. The van der Waals surface area contributed by atoms with Crippen LogP contribution in [0.1, 0.15) is 51.1 Å². The fraction of sp³-hybridized carbons (Fsp3) is 0.692. The van der Waals surface area contributed by atoms with E-state index in [-0.39, 0.29) is 12.4 Å². The van der Waals surface area contributed by atoms with Crippen molar-refractivity contribution in [3.8, 4) is 0 Å². The summed E-state index contributed by atoms with van der Waals surface area (Å²) >= 11 is 0. The predicted molar refractivity (Wildman–Crippen MR) is 72.9 cm³/mol. The molecule has 0 radical (unpaired) electrons. The van der Waals surface area contributed by atoms with Gasteiger partial charge in [0.05, 0.1) is 17.8 Å². The molecule has 2 rings (SSSR count). The zero-order valence-corrected chi connectivity index (χ0v) is 12.8. The molecule has 0 unspecified atom stereocenters. The van der Waals surface area contributed by atoms with Crippen molar-refractivity contribution in [2.75, 3.05) is 6.61 Å². The molecule has 2 heterocycles. The molecule has 6 nitrogen and oxygen atoms in total. The summed E-state index contributed by atoms with van der Waals surface area (Å²) in [5.74, 6) is -0.140. The molecule has 0 aromatic carbocycles. The van der Waals surface area contributed by atoms with Crippen LogP contribution in [0.15, 0.2) is 4.42 Å². The third kappa shape index (κ3) is 2.47. The summed E-state index contributed by atoms with van der Waals surface area (Å²) in [6.07, 6.45) is 0. The zero-order valence-electron chi connectivity index (χ0n) is 12.8. The largest absolute Gasteiger partial charge is 0.518 e. The molecule has 0 spiro atoms. The first kappa shape index (κ1) is 15.1. The number of carbonyl (C=O) groups excluding carboxylic acids is 1. The highest BCUT2D eigenvalue weighted by molar-refractivity contribution is 6.62. The Balaban J connectivity index is 2.33. The minimum Gasteiger partial charge on any atom is -0.460 e. The van der Waals surface area contributed by atoms with Gasteiger partial charge in [0, 0.05) is 6.92 Å². The minimum atomic E-state index is -0.739. The number of hydrogen-bond donors (Lipinski definition) is 0.